The summed E-state index contributed by atoms with van der Waals surface area (Å²) in [5.74, 6) is -1.46. The van der Waals surface area contributed by atoms with Crippen LogP contribution in [0.3, 0.4) is 0 Å². The molecule has 1 amide bonds. The van der Waals surface area contributed by atoms with Crippen LogP contribution in [-0.2, 0) is 16.0 Å². The molecule has 1 fully saturated rings. The third-order valence-corrected chi connectivity index (χ3v) is 6.71. The Balaban J connectivity index is 1.60. The van der Waals surface area contributed by atoms with E-state index in [1.807, 2.05) is 60.0 Å². The summed E-state index contributed by atoms with van der Waals surface area (Å²) in [6.45, 7) is 0. The lowest BCUT2D eigenvalue weighted by atomic mass is 10.0. The molecule has 2 heterocycles. The number of aliphatic carboxylic acids is 1. The number of carboxylic acids is 1. The van der Waals surface area contributed by atoms with Crippen molar-refractivity contribution in [1.29, 1.82) is 0 Å². The molecule has 1 aromatic heterocycles. The molecular weight excluding hydrogens is 436 g/mol. The first-order valence-corrected chi connectivity index (χ1v) is 11.2. The molecule has 0 unspecified atom stereocenters. The predicted octanol–water partition coefficient (Wildman–Crippen LogP) is 4.71. The summed E-state index contributed by atoms with van der Waals surface area (Å²) in [6.07, 6.45) is 3.68. The van der Waals surface area contributed by atoms with Crippen molar-refractivity contribution in [3.63, 3.8) is 0 Å². The van der Waals surface area contributed by atoms with Gasteiger partial charge in [-0.05, 0) is 23.3 Å². The maximum atomic E-state index is 13.0. The quantitative estimate of drug-likeness (QED) is 0.432. The number of nitrogens with zero attached hydrogens (tertiary/aromatic N) is 2. The molecule has 1 aliphatic heterocycles. The molecule has 1 aliphatic rings. The highest BCUT2D eigenvalue weighted by Crippen LogP contribution is 2.35. The Bertz CT molecular complexity index is 1130. The minimum Gasteiger partial charge on any atom is -0.480 e. The van der Waals surface area contributed by atoms with Gasteiger partial charge in [0.05, 0.1) is 4.91 Å². The van der Waals surface area contributed by atoms with Gasteiger partial charge in [0.2, 0.25) is 0 Å². The zero-order chi connectivity index (χ0) is 21.1. The van der Waals surface area contributed by atoms with Crippen LogP contribution in [0, 0.1) is 0 Å². The molecule has 0 saturated carbocycles. The number of hydrogen-bond acceptors (Lipinski definition) is 6. The van der Waals surface area contributed by atoms with Gasteiger partial charge in [-0.15, -0.1) is 11.3 Å². The summed E-state index contributed by atoms with van der Waals surface area (Å²) >= 11 is 8.04. The number of carbonyl (C=O) groups is 2. The number of thiazole rings is 1. The largest absolute Gasteiger partial charge is 0.480 e. The monoisotopic (exact) mass is 452 g/mol. The van der Waals surface area contributed by atoms with Crippen molar-refractivity contribution in [2.45, 2.75) is 12.5 Å². The fourth-order valence-corrected chi connectivity index (χ4v) is 5.15. The molecule has 30 heavy (non-hydrogen) atoms. The van der Waals surface area contributed by atoms with E-state index >= 15 is 0 Å². The second-order valence-electron chi connectivity index (χ2n) is 6.56. The number of amides is 1. The van der Waals surface area contributed by atoms with Crippen LogP contribution in [-0.4, -0.2) is 37.2 Å². The fraction of sp³-hybridized carbons (Fsp3) is 0.0909. The van der Waals surface area contributed by atoms with E-state index < -0.39 is 12.0 Å². The average molecular weight is 453 g/mol. The number of rotatable bonds is 6. The van der Waals surface area contributed by atoms with Gasteiger partial charge in [-0.25, -0.2) is 9.78 Å². The first kappa shape index (κ1) is 20.5. The SMILES string of the molecule is O=C(O)[C@H](Cc1ccccc1)N1C(=O)/C(=C/c2cccc(-c3nccs3)c2)SC1=S. The molecule has 1 N–H and O–H groups in total. The molecule has 1 atom stereocenters. The number of carbonyl (C=O) groups excluding carboxylic acids is 1. The highest BCUT2D eigenvalue weighted by Gasteiger charge is 2.40. The molecule has 0 bridgehead atoms. The number of hydrogen-bond donors (Lipinski definition) is 1. The highest BCUT2D eigenvalue weighted by molar-refractivity contribution is 8.26. The lowest BCUT2D eigenvalue weighted by Gasteiger charge is -2.23. The third kappa shape index (κ3) is 4.35. The van der Waals surface area contributed by atoms with Crippen molar-refractivity contribution in [2.24, 2.45) is 0 Å². The number of thiocarbonyl (C=S) groups is 1. The zero-order valence-corrected chi connectivity index (χ0v) is 18.0. The molecule has 3 aromatic rings. The van der Waals surface area contributed by atoms with Gasteiger partial charge in [0.1, 0.15) is 15.4 Å². The number of thioether (sulfide) groups is 1. The third-order valence-electron chi connectivity index (χ3n) is 4.56. The Kier molecular flexibility index (Phi) is 6.08. The molecule has 0 aliphatic carbocycles. The van der Waals surface area contributed by atoms with E-state index in [1.54, 1.807) is 12.3 Å². The first-order chi connectivity index (χ1) is 14.5. The highest BCUT2D eigenvalue weighted by atomic mass is 32.2. The van der Waals surface area contributed by atoms with Crippen molar-refractivity contribution in [2.75, 3.05) is 0 Å². The van der Waals surface area contributed by atoms with Gasteiger partial charge in [-0.3, -0.25) is 9.69 Å². The van der Waals surface area contributed by atoms with Crippen molar-refractivity contribution in [3.05, 3.63) is 82.2 Å². The maximum absolute atomic E-state index is 13.0. The van der Waals surface area contributed by atoms with Crippen LogP contribution in [0.5, 0.6) is 0 Å². The number of aromatic nitrogens is 1. The topological polar surface area (TPSA) is 70.5 Å². The van der Waals surface area contributed by atoms with Gasteiger partial charge in [0.15, 0.2) is 0 Å². The van der Waals surface area contributed by atoms with Crippen LogP contribution in [0.15, 0.2) is 71.1 Å². The van der Waals surface area contributed by atoms with E-state index in [4.69, 9.17) is 12.2 Å². The van der Waals surface area contributed by atoms with Crippen LogP contribution in [0.25, 0.3) is 16.6 Å². The average Bonchev–Trinajstić information content (AvgIpc) is 3.36. The summed E-state index contributed by atoms with van der Waals surface area (Å²) in [5, 5.41) is 12.6. The van der Waals surface area contributed by atoms with Crippen molar-refractivity contribution in [3.8, 4) is 10.6 Å². The molecule has 8 heteroatoms. The summed E-state index contributed by atoms with van der Waals surface area (Å²) < 4.78 is 0.255. The van der Waals surface area contributed by atoms with Gasteiger partial charge < -0.3 is 5.11 Å². The lowest BCUT2D eigenvalue weighted by molar-refractivity contribution is -0.145. The number of benzene rings is 2. The van der Waals surface area contributed by atoms with Gasteiger partial charge in [0, 0.05) is 23.6 Å². The van der Waals surface area contributed by atoms with Crippen LogP contribution in [0.2, 0.25) is 0 Å². The summed E-state index contributed by atoms with van der Waals surface area (Å²) in [4.78, 5) is 30.9. The molecule has 1 saturated heterocycles. The minimum atomic E-state index is -1.08. The Labute approximate surface area is 187 Å². The molecular formula is C22H16N2O3S3. The van der Waals surface area contributed by atoms with E-state index in [-0.39, 0.29) is 16.6 Å². The minimum absolute atomic E-state index is 0.190. The summed E-state index contributed by atoms with van der Waals surface area (Å²) in [5.41, 5.74) is 2.62. The van der Waals surface area contributed by atoms with E-state index in [1.165, 1.54) is 16.2 Å². The van der Waals surface area contributed by atoms with E-state index in [9.17, 15) is 14.7 Å². The summed E-state index contributed by atoms with van der Waals surface area (Å²) in [7, 11) is 0. The Morgan fingerprint density at radius 2 is 2.00 bits per heavy atom. The van der Waals surface area contributed by atoms with Crippen LogP contribution in [0.1, 0.15) is 11.1 Å². The van der Waals surface area contributed by atoms with Gasteiger partial charge in [0.25, 0.3) is 5.91 Å². The summed E-state index contributed by atoms with van der Waals surface area (Å²) in [6, 6.07) is 15.9. The molecule has 5 nitrogen and oxygen atoms in total. The van der Waals surface area contributed by atoms with E-state index in [2.05, 4.69) is 4.98 Å². The maximum Gasteiger partial charge on any atom is 0.327 e. The molecule has 0 radical (unpaired) electrons. The molecule has 4 rings (SSSR count). The second-order valence-corrected chi connectivity index (χ2v) is 9.13. The lowest BCUT2D eigenvalue weighted by Crippen LogP contribution is -2.45. The van der Waals surface area contributed by atoms with E-state index in [0.29, 0.717) is 4.91 Å². The normalized spacial score (nSPS) is 16.3. The first-order valence-electron chi connectivity index (χ1n) is 9.06. The van der Waals surface area contributed by atoms with E-state index in [0.717, 1.165) is 33.5 Å². The molecule has 150 valence electrons. The van der Waals surface area contributed by atoms with Gasteiger partial charge >= 0.3 is 5.97 Å². The Morgan fingerprint density at radius 3 is 2.70 bits per heavy atom. The van der Waals surface area contributed by atoms with Crippen molar-refractivity contribution < 1.29 is 14.7 Å². The Morgan fingerprint density at radius 1 is 1.20 bits per heavy atom. The van der Waals surface area contributed by atoms with Crippen molar-refractivity contribution >= 4 is 57.6 Å². The molecule has 0 spiro atoms. The zero-order valence-electron chi connectivity index (χ0n) is 15.6. The fourth-order valence-electron chi connectivity index (χ4n) is 3.15. The predicted molar refractivity (Wildman–Crippen MR) is 124 cm³/mol. The Hall–Kier alpha value is -2.81. The standard InChI is InChI=1S/C22H16N2O3S3/c25-20-18(13-15-7-4-8-16(11-15)19-23-9-10-29-19)30-22(28)24(20)17(21(26)27)12-14-5-2-1-3-6-14/h1-11,13,17H,12H2,(H,26,27)/b18-13-/t17-/m0/s1. The van der Waals surface area contributed by atoms with Crippen molar-refractivity contribution in [1.82, 2.24) is 9.88 Å². The smallest absolute Gasteiger partial charge is 0.327 e. The second kappa shape index (κ2) is 8.91. The van der Waals surface area contributed by atoms with Crippen LogP contribution >= 0.6 is 35.3 Å². The number of carboxylic acid groups (broad SMARTS) is 1. The van der Waals surface area contributed by atoms with Crippen LogP contribution in [0.4, 0.5) is 0 Å². The van der Waals surface area contributed by atoms with Gasteiger partial charge in [-0.1, -0.05) is 72.5 Å². The van der Waals surface area contributed by atoms with Gasteiger partial charge in [-0.2, -0.15) is 0 Å². The van der Waals surface area contributed by atoms with Crippen LogP contribution < -0.4 is 0 Å². The molecule has 2 aromatic carbocycles.